The van der Waals surface area contributed by atoms with Crippen LogP contribution in [-0.4, -0.2) is 16.8 Å². The first-order valence-corrected chi connectivity index (χ1v) is 8.95. The SMILES string of the molecule is O=C(CCc1ccccc1)Nc1nc(C(=O)Nc2cc(F)ccc2F)cs1. The minimum atomic E-state index is -0.755. The fraction of sp³-hybridized carbons (Fsp3) is 0.105. The highest BCUT2D eigenvalue weighted by molar-refractivity contribution is 7.14. The lowest BCUT2D eigenvalue weighted by Gasteiger charge is -2.04. The number of halogens is 2. The molecule has 1 heterocycles. The summed E-state index contributed by atoms with van der Waals surface area (Å²) in [6.07, 6.45) is 0.865. The predicted molar refractivity (Wildman–Crippen MR) is 99.8 cm³/mol. The van der Waals surface area contributed by atoms with Gasteiger partial charge in [-0.15, -0.1) is 11.3 Å². The fourth-order valence-electron chi connectivity index (χ4n) is 2.30. The zero-order valence-corrected chi connectivity index (χ0v) is 14.9. The standard InChI is InChI=1S/C19H15F2N3O2S/c20-13-7-8-14(21)15(10-13)22-18(26)16-11-27-19(23-16)24-17(25)9-6-12-4-2-1-3-5-12/h1-5,7-8,10-11H,6,9H2,(H,22,26)(H,23,24,25). The number of nitrogens with one attached hydrogen (secondary N) is 2. The zero-order valence-electron chi connectivity index (χ0n) is 14.0. The average molecular weight is 387 g/mol. The number of hydrogen-bond acceptors (Lipinski definition) is 4. The number of rotatable bonds is 6. The summed E-state index contributed by atoms with van der Waals surface area (Å²) in [5, 5.41) is 6.58. The van der Waals surface area contributed by atoms with Gasteiger partial charge in [0.25, 0.3) is 5.91 Å². The molecule has 0 fully saturated rings. The Morgan fingerprint density at radius 3 is 2.59 bits per heavy atom. The maximum Gasteiger partial charge on any atom is 0.275 e. The van der Waals surface area contributed by atoms with E-state index in [1.165, 1.54) is 5.38 Å². The third-order valence-corrected chi connectivity index (χ3v) is 4.40. The summed E-state index contributed by atoms with van der Waals surface area (Å²) in [6, 6.07) is 12.3. The lowest BCUT2D eigenvalue weighted by Crippen LogP contribution is -2.15. The molecule has 0 spiro atoms. The molecule has 0 aliphatic carbocycles. The molecule has 3 rings (SSSR count). The minimum absolute atomic E-state index is 0.00187. The van der Waals surface area contributed by atoms with E-state index in [1.807, 2.05) is 30.3 Å². The van der Waals surface area contributed by atoms with Gasteiger partial charge >= 0.3 is 0 Å². The number of thiazole rings is 1. The van der Waals surface area contributed by atoms with Crippen molar-refractivity contribution in [3.05, 3.63) is 76.8 Å². The van der Waals surface area contributed by atoms with Crippen LogP contribution in [0.2, 0.25) is 0 Å². The van der Waals surface area contributed by atoms with Crippen LogP contribution in [0.25, 0.3) is 0 Å². The highest BCUT2D eigenvalue weighted by Gasteiger charge is 2.15. The molecule has 1 aromatic heterocycles. The van der Waals surface area contributed by atoms with Crippen LogP contribution < -0.4 is 10.6 Å². The Hall–Kier alpha value is -3.13. The summed E-state index contributed by atoms with van der Waals surface area (Å²) >= 11 is 1.07. The first kappa shape index (κ1) is 18.7. The van der Waals surface area contributed by atoms with Crippen molar-refractivity contribution in [3.63, 3.8) is 0 Å². The second-order valence-electron chi connectivity index (χ2n) is 5.65. The summed E-state index contributed by atoms with van der Waals surface area (Å²) in [5.41, 5.74) is 0.771. The van der Waals surface area contributed by atoms with Gasteiger partial charge in [-0.1, -0.05) is 30.3 Å². The van der Waals surface area contributed by atoms with E-state index in [2.05, 4.69) is 15.6 Å². The molecule has 0 aliphatic rings. The van der Waals surface area contributed by atoms with Crippen LogP contribution in [-0.2, 0) is 11.2 Å². The van der Waals surface area contributed by atoms with Crippen LogP contribution in [0.15, 0.2) is 53.9 Å². The first-order chi connectivity index (χ1) is 13.0. The van der Waals surface area contributed by atoms with E-state index >= 15 is 0 Å². The molecular formula is C19H15F2N3O2S. The summed E-state index contributed by atoms with van der Waals surface area (Å²) in [5.74, 6) is -2.34. The van der Waals surface area contributed by atoms with E-state index in [4.69, 9.17) is 0 Å². The molecule has 8 heteroatoms. The van der Waals surface area contributed by atoms with Crippen molar-refractivity contribution in [3.8, 4) is 0 Å². The monoisotopic (exact) mass is 387 g/mol. The van der Waals surface area contributed by atoms with E-state index in [9.17, 15) is 18.4 Å². The zero-order chi connectivity index (χ0) is 19.2. The molecule has 0 saturated carbocycles. The van der Waals surface area contributed by atoms with Crippen LogP contribution >= 0.6 is 11.3 Å². The summed E-state index contributed by atoms with van der Waals surface area (Å²) in [7, 11) is 0. The van der Waals surface area contributed by atoms with Gasteiger partial charge in [-0.2, -0.15) is 0 Å². The van der Waals surface area contributed by atoms with E-state index in [0.717, 1.165) is 35.1 Å². The fourth-order valence-corrected chi connectivity index (χ4v) is 3.01. The Labute approximate surface area is 158 Å². The molecule has 138 valence electrons. The van der Waals surface area contributed by atoms with Gasteiger partial charge in [-0.25, -0.2) is 13.8 Å². The van der Waals surface area contributed by atoms with Crippen molar-refractivity contribution in [1.82, 2.24) is 4.98 Å². The van der Waals surface area contributed by atoms with Gasteiger partial charge in [0.05, 0.1) is 5.69 Å². The normalized spacial score (nSPS) is 10.4. The van der Waals surface area contributed by atoms with Crippen LogP contribution in [0.3, 0.4) is 0 Å². The highest BCUT2D eigenvalue weighted by atomic mass is 32.1. The molecular weight excluding hydrogens is 372 g/mol. The Balaban J connectivity index is 1.56. The van der Waals surface area contributed by atoms with Gasteiger partial charge in [0.2, 0.25) is 5.91 Å². The van der Waals surface area contributed by atoms with Gasteiger partial charge in [-0.3, -0.25) is 9.59 Å². The smallest absolute Gasteiger partial charge is 0.275 e. The van der Waals surface area contributed by atoms with E-state index in [0.29, 0.717) is 6.42 Å². The Bertz CT molecular complexity index is 961. The molecule has 3 aromatic rings. The third-order valence-electron chi connectivity index (χ3n) is 3.64. The number of hydrogen-bond donors (Lipinski definition) is 2. The van der Waals surface area contributed by atoms with Gasteiger partial charge < -0.3 is 10.6 Å². The van der Waals surface area contributed by atoms with Crippen molar-refractivity contribution in [2.24, 2.45) is 0 Å². The molecule has 0 unspecified atom stereocenters. The van der Waals surface area contributed by atoms with Crippen LogP contribution in [0.5, 0.6) is 0 Å². The number of aromatic nitrogens is 1. The van der Waals surface area contributed by atoms with Gasteiger partial charge in [-0.05, 0) is 24.1 Å². The average Bonchev–Trinajstić information content (AvgIpc) is 3.12. The minimum Gasteiger partial charge on any atom is -0.318 e. The number of benzene rings is 2. The molecule has 5 nitrogen and oxygen atoms in total. The van der Waals surface area contributed by atoms with E-state index in [-0.39, 0.29) is 28.8 Å². The molecule has 0 aliphatic heterocycles. The summed E-state index contributed by atoms with van der Waals surface area (Å²) < 4.78 is 26.8. The first-order valence-electron chi connectivity index (χ1n) is 8.07. The van der Waals surface area contributed by atoms with Crippen molar-refractivity contribution < 1.29 is 18.4 Å². The Kier molecular flexibility index (Phi) is 5.87. The van der Waals surface area contributed by atoms with Crippen LogP contribution in [0, 0.1) is 11.6 Å². The molecule has 2 aromatic carbocycles. The van der Waals surface area contributed by atoms with Crippen molar-refractivity contribution in [2.75, 3.05) is 10.6 Å². The second kappa shape index (κ2) is 8.50. The number of anilines is 2. The largest absolute Gasteiger partial charge is 0.318 e. The quantitative estimate of drug-likeness (QED) is 0.664. The Morgan fingerprint density at radius 2 is 1.81 bits per heavy atom. The molecule has 0 bridgehead atoms. The maximum absolute atomic E-state index is 13.6. The lowest BCUT2D eigenvalue weighted by atomic mass is 10.1. The molecule has 2 N–H and O–H groups in total. The van der Waals surface area contributed by atoms with Crippen molar-refractivity contribution in [1.29, 1.82) is 0 Å². The second-order valence-corrected chi connectivity index (χ2v) is 6.51. The predicted octanol–water partition coefficient (Wildman–Crippen LogP) is 4.24. The molecule has 27 heavy (non-hydrogen) atoms. The van der Waals surface area contributed by atoms with E-state index in [1.54, 1.807) is 0 Å². The molecule has 0 radical (unpaired) electrons. The van der Waals surface area contributed by atoms with Gasteiger partial charge in [0.1, 0.15) is 17.3 Å². The van der Waals surface area contributed by atoms with Gasteiger partial charge in [0.15, 0.2) is 5.13 Å². The topological polar surface area (TPSA) is 71.1 Å². The maximum atomic E-state index is 13.6. The number of nitrogens with zero attached hydrogens (tertiary/aromatic N) is 1. The third kappa shape index (κ3) is 5.18. The molecule has 2 amide bonds. The Morgan fingerprint density at radius 1 is 1.04 bits per heavy atom. The highest BCUT2D eigenvalue weighted by Crippen LogP contribution is 2.19. The summed E-state index contributed by atoms with van der Waals surface area (Å²) in [4.78, 5) is 28.1. The number of aryl methyl sites for hydroxylation is 1. The number of carbonyl (C=O) groups excluding carboxylic acids is 2. The van der Waals surface area contributed by atoms with E-state index < -0.39 is 17.5 Å². The lowest BCUT2D eigenvalue weighted by molar-refractivity contribution is -0.116. The van der Waals surface area contributed by atoms with Gasteiger partial charge in [0, 0.05) is 17.9 Å². The van der Waals surface area contributed by atoms with Crippen molar-refractivity contribution in [2.45, 2.75) is 12.8 Å². The number of carbonyl (C=O) groups is 2. The van der Waals surface area contributed by atoms with Crippen LogP contribution in [0.1, 0.15) is 22.5 Å². The molecule has 0 saturated heterocycles. The van der Waals surface area contributed by atoms with Crippen molar-refractivity contribution >= 4 is 34.0 Å². The number of amides is 2. The molecule has 0 atom stereocenters. The summed E-state index contributed by atoms with van der Waals surface area (Å²) in [6.45, 7) is 0. The van der Waals surface area contributed by atoms with Crippen LogP contribution in [0.4, 0.5) is 19.6 Å².